The molecule has 0 aliphatic heterocycles. The Morgan fingerprint density at radius 1 is 0.926 bits per heavy atom. The summed E-state index contributed by atoms with van der Waals surface area (Å²) < 4.78 is 15.7. The Bertz CT molecular complexity index is 783. The molecule has 0 aliphatic rings. The number of ether oxygens (including phenoxy) is 3. The lowest BCUT2D eigenvalue weighted by Gasteiger charge is -2.17. The zero-order chi connectivity index (χ0) is 19.8. The number of hydrogen-bond acceptors (Lipinski definition) is 5. The highest BCUT2D eigenvalue weighted by atomic mass is 16.5. The number of amides is 1. The number of benzene rings is 2. The van der Waals surface area contributed by atoms with E-state index in [-0.39, 0.29) is 18.5 Å². The van der Waals surface area contributed by atoms with Crippen LogP contribution in [0.4, 0.5) is 0 Å². The monoisotopic (exact) mass is 373 g/mol. The van der Waals surface area contributed by atoms with E-state index in [1.165, 1.54) is 21.3 Å². The van der Waals surface area contributed by atoms with Crippen molar-refractivity contribution in [2.45, 2.75) is 6.42 Å². The molecule has 2 aromatic rings. The van der Waals surface area contributed by atoms with E-state index in [4.69, 9.17) is 14.2 Å². The number of aliphatic carboxylic acids is 1. The lowest BCUT2D eigenvalue weighted by atomic mass is 9.98. The largest absolute Gasteiger partial charge is 0.496 e. The summed E-state index contributed by atoms with van der Waals surface area (Å²) in [6, 6.07) is 12.2. The molecule has 1 atom stereocenters. The predicted molar refractivity (Wildman–Crippen MR) is 99.7 cm³/mol. The first-order chi connectivity index (χ1) is 13.0. The average molecular weight is 373 g/mol. The minimum absolute atomic E-state index is 0.0482. The topological polar surface area (TPSA) is 94.1 Å². The third kappa shape index (κ3) is 4.91. The molecule has 0 bridgehead atoms. The molecule has 0 spiro atoms. The standard InChI is InChI=1S/C20H23NO6/c1-25-15-8-5-4-7-13(15)11-14(20(23)24)12-21-19(22)18-16(26-2)9-6-10-17(18)27-3/h4-10,14H,11-12H2,1-3H3,(H,21,22)(H,23,24). The van der Waals surface area contributed by atoms with Gasteiger partial charge in [0.05, 0.1) is 27.2 Å². The van der Waals surface area contributed by atoms with Gasteiger partial charge in [0.2, 0.25) is 0 Å². The molecule has 0 fully saturated rings. The van der Waals surface area contributed by atoms with Crippen LogP contribution in [0, 0.1) is 5.92 Å². The van der Waals surface area contributed by atoms with Crippen LogP contribution in [0.25, 0.3) is 0 Å². The van der Waals surface area contributed by atoms with Crippen molar-refractivity contribution in [2.24, 2.45) is 5.92 Å². The van der Waals surface area contributed by atoms with E-state index >= 15 is 0 Å². The van der Waals surface area contributed by atoms with Gasteiger partial charge in [-0.25, -0.2) is 0 Å². The number of para-hydroxylation sites is 1. The van der Waals surface area contributed by atoms with Crippen LogP contribution in [0.15, 0.2) is 42.5 Å². The van der Waals surface area contributed by atoms with Gasteiger partial charge in [0.15, 0.2) is 0 Å². The van der Waals surface area contributed by atoms with Crippen molar-refractivity contribution in [3.63, 3.8) is 0 Å². The molecule has 144 valence electrons. The highest BCUT2D eigenvalue weighted by Crippen LogP contribution is 2.28. The van der Waals surface area contributed by atoms with Gasteiger partial charge >= 0.3 is 5.97 Å². The van der Waals surface area contributed by atoms with E-state index in [1.807, 2.05) is 12.1 Å². The fraction of sp³-hybridized carbons (Fsp3) is 0.300. The van der Waals surface area contributed by atoms with Crippen molar-refractivity contribution in [1.82, 2.24) is 5.32 Å². The maximum atomic E-state index is 12.6. The number of carbonyl (C=O) groups excluding carboxylic acids is 1. The molecule has 0 aromatic heterocycles. The first kappa shape index (κ1) is 20.1. The van der Waals surface area contributed by atoms with Crippen molar-refractivity contribution in [2.75, 3.05) is 27.9 Å². The second-order valence-corrected chi connectivity index (χ2v) is 5.80. The van der Waals surface area contributed by atoms with Crippen LogP contribution in [-0.2, 0) is 11.2 Å². The summed E-state index contributed by atoms with van der Waals surface area (Å²) in [5.41, 5.74) is 0.987. The third-order valence-corrected chi connectivity index (χ3v) is 4.17. The Kier molecular flexibility index (Phi) is 7.05. The zero-order valence-electron chi connectivity index (χ0n) is 15.5. The lowest BCUT2D eigenvalue weighted by Crippen LogP contribution is -2.34. The lowest BCUT2D eigenvalue weighted by molar-refractivity contribution is -0.141. The summed E-state index contributed by atoms with van der Waals surface area (Å²) in [5, 5.41) is 12.2. The normalized spacial score (nSPS) is 11.4. The molecule has 0 saturated heterocycles. The molecule has 0 heterocycles. The number of carboxylic acids is 1. The SMILES string of the molecule is COc1ccccc1CC(CNC(=O)c1c(OC)cccc1OC)C(=O)O. The number of carbonyl (C=O) groups is 2. The summed E-state index contributed by atoms with van der Waals surface area (Å²) in [6.07, 6.45) is 0.225. The van der Waals surface area contributed by atoms with Gasteiger partial charge in [-0.2, -0.15) is 0 Å². The van der Waals surface area contributed by atoms with Crippen molar-refractivity contribution in [1.29, 1.82) is 0 Å². The van der Waals surface area contributed by atoms with Gasteiger partial charge in [-0.05, 0) is 30.2 Å². The summed E-state index contributed by atoms with van der Waals surface area (Å²) in [7, 11) is 4.44. The number of hydrogen-bond donors (Lipinski definition) is 2. The van der Waals surface area contributed by atoms with E-state index in [2.05, 4.69) is 5.32 Å². The molecule has 0 aliphatic carbocycles. The first-order valence-corrected chi connectivity index (χ1v) is 8.35. The molecular formula is C20H23NO6. The Hall–Kier alpha value is -3.22. The fourth-order valence-electron chi connectivity index (χ4n) is 2.76. The molecule has 2 N–H and O–H groups in total. The van der Waals surface area contributed by atoms with Gasteiger partial charge in [0.25, 0.3) is 5.91 Å². The van der Waals surface area contributed by atoms with E-state index in [0.717, 1.165) is 5.56 Å². The maximum absolute atomic E-state index is 12.6. The molecule has 0 saturated carbocycles. The van der Waals surface area contributed by atoms with Gasteiger partial charge in [0, 0.05) is 6.54 Å². The van der Waals surface area contributed by atoms with Gasteiger partial charge in [-0.15, -0.1) is 0 Å². The second-order valence-electron chi connectivity index (χ2n) is 5.80. The first-order valence-electron chi connectivity index (χ1n) is 8.35. The van der Waals surface area contributed by atoms with Crippen LogP contribution in [0.1, 0.15) is 15.9 Å². The number of rotatable bonds is 9. The average Bonchev–Trinajstić information content (AvgIpc) is 2.70. The molecule has 27 heavy (non-hydrogen) atoms. The number of nitrogens with one attached hydrogen (secondary N) is 1. The Morgan fingerprint density at radius 2 is 1.48 bits per heavy atom. The van der Waals surface area contributed by atoms with E-state index < -0.39 is 17.8 Å². The molecule has 7 heteroatoms. The summed E-state index contributed by atoms with van der Waals surface area (Å²) >= 11 is 0. The quantitative estimate of drug-likeness (QED) is 0.701. The Balaban J connectivity index is 2.15. The van der Waals surface area contributed by atoms with Crippen LogP contribution >= 0.6 is 0 Å². The van der Waals surface area contributed by atoms with Gasteiger partial charge < -0.3 is 24.6 Å². The minimum atomic E-state index is -1.01. The maximum Gasteiger partial charge on any atom is 0.308 e. The van der Waals surface area contributed by atoms with Crippen LogP contribution in [0.5, 0.6) is 17.2 Å². The van der Waals surface area contributed by atoms with Crippen molar-refractivity contribution in [3.8, 4) is 17.2 Å². The van der Waals surface area contributed by atoms with E-state index in [1.54, 1.807) is 30.3 Å². The highest BCUT2D eigenvalue weighted by Gasteiger charge is 2.23. The van der Waals surface area contributed by atoms with Crippen molar-refractivity contribution >= 4 is 11.9 Å². The van der Waals surface area contributed by atoms with Gasteiger partial charge in [0.1, 0.15) is 22.8 Å². The summed E-state index contributed by atoms with van der Waals surface area (Å²) in [5.74, 6) is -0.969. The molecular weight excluding hydrogens is 350 g/mol. The molecule has 1 amide bonds. The van der Waals surface area contributed by atoms with Crippen molar-refractivity contribution < 1.29 is 28.9 Å². The van der Waals surface area contributed by atoms with Gasteiger partial charge in [-0.3, -0.25) is 9.59 Å². The smallest absolute Gasteiger partial charge is 0.308 e. The molecule has 2 rings (SSSR count). The predicted octanol–water partition coefficient (Wildman–Crippen LogP) is 2.39. The zero-order valence-corrected chi connectivity index (χ0v) is 15.5. The Morgan fingerprint density at radius 3 is 2.04 bits per heavy atom. The van der Waals surface area contributed by atoms with Gasteiger partial charge in [-0.1, -0.05) is 24.3 Å². The fourth-order valence-corrected chi connectivity index (χ4v) is 2.76. The Labute approximate surface area is 157 Å². The highest BCUT2D eigenvalue weighted by molar-refractivity contribution is 5.99. The molecule has 2 aromatic carbocycles. The summed E-state index contributed by atoms with van der Waals surface area (Å²) in [4.78, 5) is 24.3. The number of methoxy groups -OCH3 is 3. The van der Waals surface area contributed by atoms with Crippen molar-refractivity contribution in [3.05, 3.63) is 53.6 Å². The van der Waals surface area contributed by atoms with E-state index in [0.29, 0.717) is 17.2 Å². The number of carboxylic acid groups (broad SMARTS) is 1. The van der Waals surface area contributed by atoms with Crippen LogP contribution < -0.4 is 19.5 Å². The van der Waals surface area contributed by atoms with Crippen LogP contribution in [0.3, 0.4) is 0 Å². The minimum Gasteiger partial charge on any atom is -0.496 e. The second kappa shape index (κ2) is 9.47. The van der Waals surface area contributed by atoms with Crippen LogP contribution in [0.2, 0.25) is 0 Å². The third-order valence-electron chi connectivity index (χ3n) is 4.17. The molecule has 7 nitrogen and oxygen atoms in total. The summed E-state index contributed by atoms with van der Waals surface area (Å²) in [6.45, 7) is -0.0482. The van der Waals surface area contributed by atoms with E-state index in [9.17, 15) is 14.7 Å². The van der Waals surface area contributed by atoms with Crippen LogP contribution in [-0.4, -0.2) is 44.9 Å². The molecule has 0 radical (unpaired) electrons. The molecule has 1 unspecified atom stereocenters.